The number of nitrogens with zero attached hydrogens (tertiary/aromatic N) is 4. The van der Waals surface area contributed by atoms with Crippen molar-refractivity contribution >= 4 is 5.96 Å². The highest BCUT2D eigenvalue weighted by Gasteiger charge is 2.00. The Morgan fingerprint density at radius 1 is 1.21 bits per heavy atom. The fourth-order valence-electron chi connectivity index (χ4n) is 2.44. The maximum Gasteiger partial charge on any atom is 0.188 e. The van der Waals surface area contributed by atoms with Gasteiger partial charge in [0.1, 0.15) is 0 Å². The van der Waals surface area contributed by atoms with Crippen molar-refractivity contribution in [1.82, 2.24) is 20.1 Å². The molecule has 0 aromatic carbocycles. The van der Waals surface area contributed by atoms with Crippen LogP contribution < -0.4 is 11.1 Å². The molecule has 0 bridgehead atoms. The maximum absolute atomic E-state index is 5.92. The largest absolute Gasteiger partial charge is 0.370 e. The Balaban J connectivity index is 1.71. The van der Waals surface area contributed by atoms with E-state index in [1.165, 1.54) is 32.1 Å². The highest BCUT2D eigenvalue weighted by molar-refractivity contribution is 5.77. The highest BCUT2D eigenvalue weighted by atomic mass is 15.3. The van der Waals surface area contributed by atoms with E-state index < -0.39 is 0 Å². The predicted molar refractivity (Wildman–Crippen MR) is 98.1 cm³/mol. The normalized spacial score (nSPS) is 11.6. The lowest BCUT2D eigenvalue weighted by molar-refractivity contribution is 0.601. The van der Waals surface area contributed by atoms with Crippen LogP contribution in [0.3, 0.4) is 0 Å². The van der Waals surface area contributed by atoms with Gasteiger partial charge in [-0.05, 0) is 30.2 Å². The van der Waals surface area contributed by atoms with Crippen LogP contribution in [-0.2, 0) is 6.54 Å². The average Bonchev–Trinajstić information content (AvgIpc) is 3.14. The van der Waals surface area contributed by atoms with Crippen LogP contribution >= 0.6 is 0 Å². The molecule has 2 rings (SSSR count). The third kappa shape index (κ3) is 6.40. The van der Waals surface area contributed by atoms with Crippen molar-refractivity contribution in [1.29, 1.82) is 0 Å². The second-order valence-corrected chi connectivity index (χ2v) is 5.87. The molecule has 0 saturated carbocycles. The van der Waals surface area contributed by atoms with Gasteiger partial charge in [-0.2, -0.15) is 5.10 Å². The maximum atomic E-state index is 5.92. The molecule has 3 N–H and O–H groups in total. The fourth-order valence-corrected chi connectivity index (χ4v) is 2.44. The smallest absolute Gasteiger partial charge is 0.188 e. The molecular weight excluding hydrogens is 300 g/mol. The van der Waals surface area contributed by atoms with Crippen molar-refractivity contribution in [2.45, 2.75) is 52.0 Å². The molecule has 130 valence electrons. The molecule has 2 aromatic rings. The molecule has 0 saturated heterocycles. The molecule has 0 unspecified atom stereocenters. The summed E-state index contributed by atoms with van der Waals surface area (Å²) >= 11 is 0. The van der Waals surface area contributed by atoms with E-state index in [9.17, 15) is 0 Å². The van der Waals surface area contributed by atoms with Crippen LogP contribution in [-0.4, -0.2) is 27.3 Å². The van der Waals surface area contributed by atoms with E-state index in [1.807, 2.05) is 24.4 Å². The fraction of sp³-hybridized carbons (Fsp3) is 0.500. The molecule has 0 amide bonds. The SMILES string of the molecule is CCCCCCCCNC(N)=NCc1ccnc(-n2cccn2)c1. The zero-order chi connectivity index (χ0) is 17.0. The van der Waals surface area contributed by atoms with Gasteiger partial charge in [-0.3, -0.25) is 0 Å². The average molecular weight is 328 g/mol. The summed E-state index contributed by atoms with van der Waals surface area (Å²) in [6.45, 7) is 3.65. The van der Waals surface area contributed by atoms with Crippen LogP contribution in [0.15, 0.2) is 41.8 Å². The Kier molecular flexibility index (Phi) is 7.80. The van der Waals surface area contributed by atoms with Crippen LogP contribution in [0.1, 0.15) is 51.0 Å². The first kappa shape index (κ1) is 18.0. The highest BCUT2D eigenvalue weighted by Crippen LogP contribution is 2.07. The number of aromatic nitrogens is 3. The minimum absolute atomic E-state index is 0.501. The summed E-state index contributed by atoms with van der Waals surface area (Å²) < 4.78 is 1.73. The summed E-state index contributed by atoms with van der Waals surface area (Å²) in [7, 11) is 0. The first-order valence-corrected chi connectivity index (χ1v) is 8.78. The van der Waals surface area contributed by atoms with Gasteiger partial charge in [-0.1, -0.05) is 39.0 Å². The van der Waals surface area contributed by atoms with E-state index in [-0.39, 0.29) is 0 Å². The first-order valence-electron chi connectivity index (χ1n) is 8.78. The molecular formula is C18H28N6. The number of rotatable bonds is 10. The van der Waals surface area contributed by atoms with Crippen molar-refractivity contribution in [3.63, 3.8) is 0 Å². The van der Waals surface area contributed by atoms with E-state index in [2.05, 4.69) is 27.3 Å². The van der Waals surface area contributed by atoms with E-state index in [0.717, 1.165) is 24.3 Å². The topological polar surface area (TPSA) is 81.1 Å². The van der Waals surface area contributed by atoms with Gasteiger partial charge >= 0.3 is 0 Å². The number of aliphatic imine (C=N–C) groups is 1. The van der Waals surface area contributed by atoms with Gasteiger partial charge in [0.15, 0.2) is 11.8 Å². The predicted octanol–water partition coefficient (Wildman–Crippen LogP) is 3.03. The molecule has 0 aliphatic carbocycles. The van der Waals surface area contributed by atoms with Crippen LogP contribution in [0.2, 0.25) is 0 Å². The number of pyridine rings is 1. The third-order valence-corrected chi connectivity index (χ3v) is 3.82. The number of hydrogen-bond acceptors (Lipinski definition) is 3. The molecule has 0 atom stereocenters. The van der Waals surface area contributed by atoms with Crippen molar-refractivity contribution in [3.8, 4) is 5.82 Å². The summed E-state index contributed by atoms with van der Waals surface area (Å²) in [5.74, 6) is 1.28. The standard InChI is InChI=1S/C18H28N6/c1-2-3-4-5-6-7-10-21-18(19)22-15-16-9-12-20-17(14-16)24-13-8-11-23-24/h8-9,11-14H,2-7,10,15H2,1H3,(H3,19,21,22). The van der Waals surface area contributed by atoms with E-state index >= 15 is 0 Å². The number of nitrogens with one attached hydrogen (secondary N) is 1. The molecule has 24 heavy (non-hydrogen) atoms. The number of unbranched alkanes of at least 4 members (excludes halogenated alkanes) is 5. The van der Waals surface area contributed by atoms with Crippen LogP contribution in [0.5, 0.6) is 0 Å². The molecule has 0 spiro atoms. The number of nitrogens with two attached hydrogens (primary N) is 1. The molecule has 2 heterocycles. The van der Waals surface area contributed by atoms with Gasteiger partial charge in [0.2, 0.25) is 0 Å². The van der Waals surface area contributed by atoms with E-state index in [1.54, 1.807) is 17.1 Å². The van der Waals surface area contributed by atoms with Gasteiger partial charge < -0.3 is 11.1 Å². The Bertz CT molecular complexity index is 606. The van der Waals surface area contributed by atoms with Crippen LogP contribution in [0.25, 0.3) is 5.82 Å². The van der Waals surface area contributed by atoms with Gasteiger partial charge in [0, 0.05) is 25.1 Å². The lowest BCUT2D eigenvalue weighted by Gasteiger charge is -2.06. The van der Waals surface area contributed by atoms with Crippen LogP contribution in [0, 0.1) is 0 Å². The van der Waals surface area contributed by atoms with Gasteiger partial charge in [0.25, 0.3) is 0 Å². The summed E-state index contributed by atoms with van der Waals surface area (Å²) in [5.41, 5.74) is 6.98. The second kappa shape index (κ2) is 10.4. The number of guanidine groups is 1. The van der Waals surface area contributed by atoms with Gasteiger partial charge in [0.05, 0.1) is 6.54 Å². The van der Waals surface area contributed by atoms with Crippen molar-refractivity contribution in [2.75, 3.05) is 6.54 Å². The minimum Gasteiger partial charge on any atom is -0.370 e. The van der Waals surface area contributed by atoms with Gasteiger partial charge in [-0.25, -0.2) is 14.7 Å². The van der Waals surface area contributed by atoms with E-state index in [4.69, 9.17) is 5.73 Å². The summed E-state index contributed by atoms with van der Waals surface area (Å²) in [5, 5.41) is 7.36. The Hall–Kier alpha value is -2.37. The first-order chi connectivity index (χ1) is 11.8. The molecule has 6 nitrogen and oxygen atoms in total. The molecule has 0 aliphatic rings. The molecule has 2 aromatic heterocycles. The Morgan fingerprint density at radius 2 is 2.04 bits per heavy atom. The molecule has 0 radical (unpaired) electrons. The summed E-state index contributed by atoms with van der Waals surface area (Å²) in [6.07, 6.45) is 13.0. The lowest BCUT2D eigenvalue weighted by Crippen LogP contribution is -2.32. The zero-order valence-corrected chi connectivity index (χ0v) is 14.5. The molecule has 0 aliphatic heterocycles. The van der Waals surface area contributed by atoms with Crippen molar-refractivity contribution in [3.05, 3.63) is 42.4 Å². The van der Waals surface area contributed by atoms with E-state index in [0.29, 0.717) is 12.5 Å². The lowest BCUT2D eigenvalue weighted by atomic mass is 10.1. The summed E-state index contributed by atoms with van der Waals surface area (Å²) in [6, 6.07) is 5.78. The second-order valence-electron chi connectivity index (χ2n) is 5.87. The van der Waals surface area contributed by atoms with Gasteiger partial charge in [-0.15, -0.1) is 0 Å². The van der Waals surface area contributed by atoms with Crippen molar-refractivity contribution in [2.24, 2.45) is 10.7 Å². The monoisotopic (exact) mass is 328 g/mol. The Labute approximate surface area is 144 Å². The summed E-state index contributed by atoms with van der Waals surface area (Å²) in [4.78, 5) is 8.70. The number of hydrogen-bond donors (Lipinski definition) is 2. The Morgan fingerprint density at radius 3 is 2.83 bits per heavy atom. The van der Waals surface area contributed by atoms with Crippen LogP contribution in [0.4, 0.5) is 0 Å². The third-order valence-electron chi connectivity index (χ3n) is 3.82. The molecule has 0 fully saturated rings. The van der Waals surface area contributed by atoms with Crippen molar-refractivity contribution < 1.29 is 0 Å². The minimum atomic E-state index is 0.501. The zero-order valence-electron chi connectivity index (χ0n) is 14.5. The quantitative estimate of drug-likeness (QED) is 0.399. The molecule has 6 heteroatoms.